The van der Waals surface area contributed by atoms with Crippen molar-refractivity contribution in [2.45, 2.75) is 19.4 Å². The van der Waals surface area contributed by atoms with Crippen LogP contribution in [0.1, 0.15) is 19.4 Å². The number of benzene rings is 1. The Morgan fingerprint density at radius 1 is 1.39 bits per heavy atom. The highest BCUT2D eigenvalue weighted by Gasteiger charge is 2.40. The molecular formula is C15H17N3O5. The van der Waals surface area contributed by atoms with E-state index < -0.39 is 16.4 Å². The van der Waals surface area contributed by atoms with Crippen LogP contribution >= 0.6 is 0 Å². The maximum atomic E-state index is 12.5. The summed E-state index contributed by atoms with van der Waals surface area (Å²) in [7, 11) is 1.54. The van der Waals surface area contributed by atoms with E-state index in [9.17, 15) is 14.9 Å². The second kappa shape index (κ2) is 6.47. The number of carbonyl (C=O) groups is 1. The Morgan fingerprint density at radius 2 is 2.04 bits per heavy atom. The number of rotatable bonds is 6. The molecule has 0 bridgehead atoms. The number of esters is 1. The molecule has 0 N–H and O–H groups in total. The summed E-state index contributed by atoms with van der Waals surface area (Å²) in [6, 6.07) is 6.83. The molecule has 8 nitrogen and oxygen atoms in total. The van der Waals surface area contributed by atoms with Crippen molar-refractivity contribution in [1.29, 1.82) is 0 Å². The SMILES string of the molecule is CCOC(=O)C(C)(c1ccc(OC)cc1)n1cnc([N+](=O)[O-])c1. The zero-order chi connectivity index (χ0) is 17.0. The van der Waals surface area contributed by atoms with Crippen molar-refractivity contribution in [3.63, 3.8) is 0 Å². The van der Waals surface area contributed by atoms with Crippen LogP contribution in [0.5, 0.6) is 5.75 Å². The fraction of sp³-hybridized carbons (Fsp3) is 0.333. The van der Waals surface area contributed by atoms with Gasteiger partial charge in [0.15, 0.2) is 5.54 Å². The second-order valence-electron chi connectivity index (χ2n) is 4.92. The van der Waals surface area contributed by atoms with Gasteiger partial charge in [0.25, 0.3) is 0 Å². The highest BCUT2D eigenvalue weighted by atomic mass is 16.6. The van der Waals surface area contributed by atoms with Gasteiger partial charge in [-0.15, -0.1) is 0 Å². The van der Waals surface area contributed by atoms with Gasteiger partial charge in [-0.05, 0) is 41.5 Å². The Bertz CT molecular complexity index is 710. The molecule has 0 aliphatic carbocycles. The second-order valence-corrected chi connectivity index (χ2v) is 4.92. The third-order valence-corrected chi connectivity index (χ3v) is 3.60. The predicted molar refractivity (Wildman–Crippen MR) is 81.3 cm³/mol. The zero-order valence-electron chi connectivity index (χ0n) is 13.1. The monoisotopic (exact) mass is 319 g/mol. The van der Waals surface area contributed by atoms with Crippen LogP contribution in [0.4, 0.5) is 5.82 Å². The third-order valence-electron chi connectivity index (χ3n) is 3.60. The third kappa shape index (κ3) is 3.01. The fourth-order valence-corrected chi connectivity index (χ4v) is 2.21. The quantitative estimate of drug-likeness (QED) is 0.460. The number of aromatic nitrogens is 2. The number of nitro groups is 1. The minimum Gasteiger partial charge on any atom is -0.497 e. The lowest BCUT2D eigenvalue weighted by molar-refractivity contribution is -0.389. The summed E-state index contributed by atoms with van der Waals surface area (Å²) in [5.74, 6) is -0.233. The van der Waals surface area contributed by atoms with Gasteiger partial charge in [-0.3, -0.25) is 4.57 Å². The number of nitrogens with zero attached hydrogens (tertiary/aromatic N) is 3. The van der Waals surface area contributed by atoms with Crippen LogP contribution in [-0.4, -0.2) is 34.2 Å². The lowest BCUT2D eigenvalue weighted by Crippen LogP contribution is -2.41. The Labute approximate surface area is 132 Å². The molecule has 0 amide bonds. The first-order valence-electron chi connectivity index (χ1n) is 6.94. The summed E-state index contributed by atoms with van der Waals surface area (Å²) < 4.78 is 11.6. The van der Waals surface area contributed by atoms with Gasteiger partial charge in [-0.25, -0.2) is 4.79 Å². The average Bonchev–Trinajstić information content (AvgIpc) is 3.05. The van der Waals surface area contributed by atoms with Crippen LogP contribution in [0.25, 0.3) is 0 Å². The standard InChI is InChI=1S/C15H17N3O5/c1-4-23-14(19)15(2,11-5-7-12(22-3)8-6-11)17-9-13(16-10-17)18(20)21/h5-10H,4H2,1-3H3. The van der Waals surface area contributed by atoms with Crippen molar-refractivity contribution in [2.24, 2.45) is 0 Å². The fourth-order valence-electron chi connectivity index (χ4n) is 2.21. The van der Waals surface area contributed by atoms with Gasteiger partial charge in [0.1, 0.15) is 11.9 Å². The summed E-state index contributed by atoms with van der Waals surface area (Å²) in [6.07, 6.45) is 2.46. The lowest BCUT2D eigenvalue weighted by Gasteiger charge is -2.28. The van der Waals surface area contributed by atoms with Crippen molar-refractivity contribution < 1.29 is 19.2 Å². The normalized spacial score (nSPS) is 13.2. The molecule has 23 heavy (non-hydrogen) atoms. The van der Waals surface area contributed by atoms with Crippen molar-refractivity contribution >= 4 is 11.8 Å². The molecule has 122 valence electrons. The van der Waals surface area contributed by atoms with Crippen molar-refractivity contribution in [1.82, 2.24) is 9.55 Å². The molecule has 0 aliphatic heterocycles. The van der Waals surface area contributed by atoms with E-state index in [0.29, 0.717) is 11.3 Å². The highest BCUT2D eigenvalue weighted by molar-refractivity contribution is 5.82. The van der Waals surface area contributed by atoms with Gasteiger partial charge < -0.3 is 19.6 Å². The molecule has 0 aliphatic rings. The van der Waals surface area contributed by atoms with Gasteiger partial charge in [-0.2, -0.15) is 0 Å². The number of ether oxygens (including phenoxy) is 2. The topological polar surface area (TPSA) is 96.5 Å². The molecule has 1 heterocycles. The minimum absolute atomic E-state index is 0.196. The predicted octanol–water partition coefficient (Wildman–Crippen LogP) is 2.13. The van der Waals surface area contributed by atoms with E-state index in [-0.39, 0.29) is 12.4 Å². The molecule has 1 atom stereocenters. The number of imidazole rings is 1. The van der Waals surface area contributed by atoms with Crippen molar-refractivity contribution in [2.75, 3.05) is 13.7 Å². The number of hydrogen-bond donors (Lipinski definition) is 0. The van der Waals surface area contributed by atoms with E-state index in [4.69, 9.17) is 9.47 Å². The van der Waals surface area contributed by atoms with Crippen LogP contribution in [0.3, 0.4) is 0 Å². The van der Waals surface area contributed by atoms with E-state index in [2.05, 4.69) is 4.98 Å². The number of carbonyl (C=O) groups excluding carboxylic acids is 1. The Morgan fingerprint density at radius 3 is 2.52 bits per heavy atom. The molecule has 2 aromatic rings. The molecule has 2 rings (SSSR count). The molecule has 0 spiro atoms. The largest absolute Gasteiger partial charge is 0.497 e. The van der Waals surface area contributed by atoms with Crippen LogP contribution in [0.15, 0.2) is 36.8 Å². The molecule has 0 saturated heterocycles. The van der Waals surface area contributed by atoms with Crippen molar-refractivity contribution in [3.8, 4) is 5.75 Å². The Kier molecular flexibility index (Phi) is 4.63. The summed E-state index contributed by atoms with van der Waals surface area (Å²) in [4.78, 5) is 26.5. The molecule has 1 aromatic heterocycles. The molecular weight excluding hydrogens is 302 g/mol. The van der Waals surface area contributed by atoms with Crippen LogP contribution < -0.4 is 4.74 Å². The first-order chi connectivity index (χ1) is 10.9. The van der Waals surface area contributed by atoms with E-state index in [0.717, 1.165) is 0 Å². The van der Waals surface area contributed by atoms with E-state index >= 15 is 0 Å². The molecule has 0 fully saturated rings. The first kappa shape index (κ1) is 16.5. The maximum absolute atomic E-state index is 12.5. The molecule has 1 unspecified atom stereocenters. The van der Waals surface area contributed by atoms with Gasteiger partial charge in [0, 0.05) is 0 Å². The van der Waals surface area contributed by atoms with Crippen LogP contribution in [-0.2, 0) is 15.1 Å². The van der Waals surface area contributed by atoms with Gasteiger partial charge in [-0.1, -0.05) is 12.1 Å². The summed E-state index contributed by atoms with van der Waals surface area (Å²) in [6.45, 7) is 3.52. The van der Waals surface area contributed by atoms with Crippen LogP contribution in [0.2, 0.25) is 0 Å². The van der Waals surface area contributed by atoms with E-state index in [1.54, 1.807) is 45.2 Å². The van der Waals surface area contributed by atoms with Gasteiger partial charge in [0.2, 0.25) is 6.33 Å². The summed E-state index contributed by atoms with van der Waals surface area (Å²) in [5, 5.41) is 10.9. The van der Waals surface area contributed by atoms with E-state index in [1.165, 1.54) is 17.1 Å². The molecule has 8 heteroatoms. The smallest absolute Gasteiger partial charge is 0.381 e. The first-order valence-corrected chi connectivity index (χ1v) is 6.94. The van der Waals surface area contributed by atoms with E-state index in [1.807, 2.05) is 0 Å². The molecule has 0 saturated carbocycles. The lowest BCUT2D eigenvalue weighted by atomic mass is 9.91. The number of hydrogen-bond acceptors (Lipinski definition) is 6. The Balaban J connectivity index is 2.54. The number of methoxy groups -OCH3 is 1. The maximum Gasteiger partial charge on any atom is 0.381 e. The van der Waals surface area contributed by atoms with Crippen LogP contribution in [0, 0.1) is 10.1 Å². The summed E-state index contributed by atoms with van der Waals surface area (Å²) in [5.41, 5.74) is -0.673. The Hall–Kier alpha value is -2.90. The van der Waals surface area contributed by atoms with Gasteiger partial charge >= 0.3 is 11.8 Å². The van der Waals surface area contributed by atoms with Gasteiger partial charge in [0.05, 0.1) is 13.7 Å². The zero-order valence-corrected chi connectivity index (χ0v) is 13.1. The molecule has 0 radical (unpaired) electrons. The molecule has 1 aromatic carbocycles. The summed E-state index contributed by atoms with van der Waals surface area (Å²) >= 11 is 0. The minimum atomic E-state index is -1.27. The highest BCUT2D eigenvalue weighted by Crippen LogP contribution is 2.30. The van der Waals surface area contributed by atoms with Crippen molar-refractivity contribution in [3.05, 3.63) is 52.5 Å². The average molecular weight is 319 g/mol.